The third-order valence-electron chi connectivity index (χ3n) is 5.98. The van der Waals surface area contributed by atoms with E-state index in [-0.39, 0.29) is 30.4 Å². The molecule has 0 spiro atoms. The Hall–Kier alpha value is -2.86. The SMILES string of the molecule is COCC(=O)N(Cc1cc(NC(=O)C2CCC2)ccc1N(C)C)[C@@H](C)c1ccccc1. The van der Waals surface area contributed by atoms with Crippen LogP contribution in [0.1, 0.15) is 43.4 Å². The molecule has 31 heavy (non-hydrogen) atoms. The largest absolute Gasteiger partial charge is 0.377 e. The average molecular weight is 424 g/mol. The highest BCUT2D eigenvalue weighted by Gasteiger charge is 2.26. The van der Waals surface area contributed by atoms with Gasteiger partial charge in [-0.05, 0) is 49.1 Å². The number of amides is 2. The lowest BCUT2D eigenvalue weighted by atomic mass is 9.85. The molecule has 2 amide bonds. The fraction of sp³-hybridized carbons (Fsp3) is 0.440. The van der Waals surface area contributed by atoms with Crippen LogP contribution in [0.4, 0.5) is 11.4 Å². The minimum Gasteiger partial charge on any atom is -0.377 e. The second kappa shape index (κ2) is 10.4. The van der Waals surface area contributed by atoms with Crippen LogP contribution in [-0.4, -0.2) is 44.5 Å². The summed E-state index contributed by atoms with van der Waals surface area (Å²) in [5, 5.41) is 3.05. The first kappa shape index (κ1) is 22.8. The Labute approximate surface area is 185 Å². The fourth-order valence-electron chi connectivity index (χ4n) is 3.88. The number of anilines is 2. The van der Waals surface area contributed by atoms with Crippen molar-refractivity contribution in [3.05, 3.63) is 59.7 Å². The van der Waals surface area contributed by atoms with Gasteiger partial charge in [0, 0.05) is 45.0 Å². The summed E-state index contributed by atoms with van der Waals surface area (Å²) in [5.41, 5.74) is 3.82. The van der Waals surface area contributed by atoms with Gasteiger partial charge < -0.3 is 19.9 Å². The summed E-state index contributed by atoms with van der Waals surface area (Å²) in [6, 6.07) is 15.8. The molecule has 1 saturated carbocycles. The number of methoxy groups -OCH3 is 1. The number of nitrogens with zero attached hydrogens (tertiary/aromatic N) is 2. The minimum absolute atomic E-state index is 0.0204. The number of carbonyl (C=O) groups excluding carboxylic acids is 2. The predicted octanol–water partition coefficient (Wildman–Crippen LogP) is 4.23. The van der Waals surface area contributed by atoms with Gasteiger partial charge in [0.2, 0.25) is 11.8 Å². The van der Waals surface area contributed by atoms with Crippen molar-refractivity contribution in [2.45, 2.75) is 38.8 Å². The molecule has 0 heterocycles. The topological polar surface area (TPSA) is 61.9 Å². The quantitative estimate of drug-likeness (QED) is 0.656. The first-order valence-corrected chi connectivity index (χ1v) is 10.8. The molecule has 0 aromatic heterocycles. The Morgan fingerprint density at radius 2 is 1.84 bits per heavy atom. The molecule has 1 atom stereocenters. The maximum absolute atomic E-state index is 13.0. The summed E-state index contributed by atoms with van der Waals surface area (Å²) in [5.74, 6) is 0.127. The molecule has 0 unspecified atom stereocenters. The van der Waals surface area contributed by atoms with Gasteiger partial charge in [0.05, 0.1) is 6.04 Å². The first-order valence-electron chi connectivity index (χ1n) is 10.8. The number of carbonyl (C=O) groups is 2. The van der Waals surface area contributed by atoms with Crippen molar-refractivity contribution < 1.29 is 14.3 Å². The number of rotatable bonds is 9. The third-order valence-corrected chi connectivity index (χ3v) is 5.98. The molecule has 2 aromatic rings. The number of ether oxygens (including phenoxy) is 1. The Balaban J connectivity index is 1.89. The summed E-state index contributed by atoms with van der Waals surface area (Å²) in [7, 11) is 5.49. The van der Waals surface area contributed by atoms with Gasteiger partial charge in [-0.2, -0.15) is 0 Å². The van der Waals surface area contributed by atoms with E-state index < -0.39 is 0 Å². The van der Waals surface area contributed by atoms with E-state index in [1.54, 1.807) is 0 Å². The van der Waals surface area contributed by atoms with Crippen molar-refractivity contribution in [1.29, 1.82) is 0 Å². The molecule has 0 aliphatic heterocycles. The van der Waals surface area contributed by atoms with Gasteiger partial charge in [0.25, 0.3) is 0 Å². The Morgan fingerprint density at radius 3 is 2.42 bits per heavy atom. The van der Waals surface area contributed by atoms with Crippen LogP contribution in [-0.2, 0) is 20.9 Å². The Bertz CT molecular complexity index is 894. The van der Waals surface area contributed by atoms with Crippen molar-refractivity contribution in [2.75, 3.05) is 38.0 Å². The van der Waals surface area contributed by atoms with E-state index in [4.69, 9.17) is 4.74 Å². The fourth-order valence-corrected chi connectivity index (χ4v) is 3.88. The van der Waals surface area contributed by atoms with Gasteiger partial charge in [-0.25, -0.2) is 0 Å². The van der Waals surface area contributed by atoms with Gasteiger partial charge >= 0.3 is 0 Å². The normalized spacial score (nSPS) is 14.5. The molecular weight excluding hydrogens is 390 g/mol. The number of nitrogens with one attached hydrogen (secondary N) is 1. The van der Waals surface area contributed by atoms with Crippen molar-refractivity contribution >= 4 is 23.2 Å². The molecule has 1 aliphatic rings. The van der Waals surface area contributed by atoms with E-state index in [9.17, 15) is 9.59 Å². The first-order chi connectivity index (χ1) is 14.9. The lowest BCUT2D eigenvalue weighted by Crippen LogP contribution is -2.36. The molecule has 0 bridgehead atoms. The van der Waals surface area contributed by atoms with Crippen LogP contribution < -0.4 is 10.2 Å². The molecule has 2 aromatic carbocycles. The number of hydrogen-bond acceptors (Lipinski definition) is 4. The summed E-state index contributed by atoms with van der Waals surface area (Å²) < 4.78 is 5.15. The van der Waals surface area contributed by atoms with Crippen molar-refractivity contribution in [2.24, 2.45) is 5.92 Å². The van der Waals surface area contributed by atoms with Crippen LogP contribution in [0.5, 0.6) is 0 Å². The summed E-state index contributed by atoms with van der Waals surface area (Å²) in [4.78, 5) is 29.2. The van der Waals surface area contributed by atoms with E-state index in [0.29, 0.717) is 6.54 Å². The average Bonchev–Trinajstić information content (AvgIpc) is 2.71. The van der Waals surface area contributed by atoms with Crippen molar-refractivity contribution in [3.8, 4) is 0 Å². The minimum atomic E-state index is -0.118. The second-order valence-corrected chi connectivity index (χ2v) is 8.40. The zero-order valence-corrected chi connectivity index (χ0v) is 18.9. The molecule has 0 radical (unpaired) electrons. The molecule has 1 fully saturated rings. The zero-order valence-electron chi connectivity index (χ0n) is 18.9. The molecule has 166 valence electrons. The Kier molecular flexibility index (Phi) is 7.69. The van der Waals surface area contributed by atoms with E-state index in [2.05, 4.69) is 5.32 Å². The van der Waals surface area contributed by atoms with Crippen LogP contribution in [0.3, 0.4) is 0 Å². The van der Waals surface area contributed by atoms with E-state index in [0.717, 1.165) is 41.8 Å². The van der Waals surface area contributed by atoms with E-state index in [1.165, 1.54) is 7.11 Å². The lowest BCUT2D eigenvalue weighted by Gasteiger charge is -2.31. The smallest absolute Gasteiger partial charge is 0.249 e. The van der Waals surface area contributed by atoms with Crippen molar-refractivity contribution in [1.82, 2.24) is 4.90 Å². The maximum atomic E-state index is 13.0. The van der Waals surface area contributed by atoms with Gasteiger partial charge in [0.15, 0.2) is 0 Å². The molecule has 6 nitrogen and oxygen atoms in total. The van der Waals surface area contributed by atoms with Crippen LogP contribution in [0.15, 0.2) is 48.5 Å². The maximum Gasteiger partial charge on any atom is 0.249 e. The molecular formula is C25H33N3O3. The Morgan fingerprint density at radius 1 is 1.13 bits per heavy atom. The highest BCUT2D eigenvalue weighted by atomic mass is 16.5. The van der Waals surface area contributed by atoms with E-state index in [1.807, 2.05) is 79.3 Å². The van der Waals surface area contributed by atoms with Gasteiger partial charge in [-0.3, -0.25) is 9.59 Å². The highest BCUT2D eigenvalue weighted by molar-refractivity contribution is 5.93. The van der Waals surface area contributed by atoms with Gasteiger partial charge in [0.1, 0.15) is 6.61 Å². The summed E-state index contributed by atoms with van der Waals surface area (Å²) >= 11 is 0. The summed E-state index contributed by atoms with van der Waals surface area (Å²) in [6.45, 7) is 2.46. The third kappa shape index (κ3) is 5.64. The van der Waals surface area contributed by atoms with Crippen LogP contribution in [0, 0.1) is 5.92 Å². The lowest BCUT2D eigenvalue weighted by molar-refractivity contribution is -0.138. The highest BCUT2D eigenvalue weighted by Crippen LogP contribution is 2.31. The van der Waals surface area contributed by atoms with Crippen LogP contribution in [0.2, 0.25) is 0 Å². The van der Waals surface area contributed by atoms with E-state index >= 15 is 0 Å². The second-order valence-electron chi connectivity index (χ2n) is 8.40. The number of hydrogen-bond donors (Lipinski definition) is 1. The summed E-state index contributed by atoms with van der Waals surface area (Å²) in [6.07, 6.45) is 3.04. The molecule has 0 saturated heterocycles. The molecule has 1 N–H and O–H groups in total. The van der Waals surface area contributed by atoms with Crippen LogP contribution >= 0.6 is 0 Å². The zero-order chi connectivity index (χ0) is 22.4. The van der Waals surface area contributed by atoms with Crippen LogP contribution in [0.25, 0.3) is 0 Å². The molecule has 1 aliphatic carbocycles. The van der Waals surface area contributed by atoms with Gasteiger partial charge in [-0.1, -0.05) is 36.8 Å². The predicted molar refractivity (Wildman–Crippen MR) is 124 cm³/mol. The molecule has 3 rings (SSSR count). The standard InChI is InChI=1S/C25H33N3O3/c1-18(19-9-6-5-7-10-19)28(24(29)17-31-4)16-21-15-22(13-14-23(21)27(2)3)26-25(30)20-11-8-12-20/h5-7,9-10,13-15,18,20H,8,11-12,16-17H2,1-4H3,(H,26,30)/t18-/m0/s1. The molecule has 6 heteroatoms. The van der Waals surface area contributed by atoms with Gasteiger partial charge in [-0.15, -0.1) is 0 Å². The monoisotopic (exact) mass is 423 g/mol. The van der Waals surface area contributed by atoms with Crippen molar-refractivity contribution in [3.63, 3.8) is 0 Å². The number of benzene rings is 2.